The molecule has 12 heavy (non-hydrogen) atoms. The van der Waals surface area contributed by atoms with E-state index in [9.17, 15) is 4.79 Å². The van der Waals surface area contributed by atoms with E-state index in [4.69, 9.17) is 0 Å². The van der Waals surface area contributed by atoms with E-state index in [1.807, 2.05) is 0 Å². The van der Waals surface area contributed by atoms with Crippen molar-refractivity contribution in [2.75, 3.05) is 6.54 Å². The number of hydrogen-bond donors (Lipinski definition) is 1. The summed E-state index contributed by atoms with van der Waals surface area (Å²) in [4.78, 5) is 11.2. The van der Waals surface area contributed by atoms with E-state index >= 15 is 0 Å². The van der Waals surface area contributed by atoms with E-state index in [0.29, 0.717) is 30.7 Å². The van der Waals surface area contributed by atoms with Gasteiger partial charge in [-0.05, 0) is 19.3 Å². The first-order valence-corrected chi connectivity index (χ1v) is 4.81. The maximum atomic E-state index is 11.2. The van der Waals surface area contributed by atoms with Gasteiger partial charge in [0.1, 0.15) is 5.78 Å². The van der Waals surface area contributed by atoms with Crippen molar-refractivity contribution in [3.8, 4) is 0 Å². The summed E-state index contributed by atoms with van der Waals surface area (Å²) in [5.74, 6) is 0.807. The molecule has 0 amide bonds. The number of hydrogen-bond acceptors (Lipinski definition) is 2. The average molecular weight is 171 g/mol. The van der Waals surface area contributed by atoms with E-state index in [1.165, 1.54) is 0 Å². The highest BCUT2D eigenvalue weighted by molar-refractivity contribution is 5.80. The van der Waals surface area contributed by atoms with Crippen LogP contribution in [0, 0.1) is 5.92 Å². The summed E-state index contributed by atoms with van der Waals surface area (Å²) >= 11 is 0. The third-order valence-electron chi connectivity index (χ3n) is 1.90. The van der Waals surface area contributed by atoms with Gasteiger partial charge in [0.2, 0.25) is 0 Å². The monoisotopic (exact) mass is 171 g/mol. The molecule has 0 spiro atoms. The fraction of sp³-hybridized carbons (Fsp3) is 0.900. The van der Waals surface area contributed by atoms with Crippen molar-refractivity contribution < 1.29 is 4.79 Å². The minimum Gasteiger partial charge on any atom is -0.308 e. The van der Waals surface area contributed by atoms with Gasteiger partial charge in [0.05, 0.1) is 6.54 Å². The highest BCUT2D eigenvalue weighted by Gasteiger charge is 2.05. The Morgan fingerprint density at radius 2 is 1.92 bits per heavy atom. The maximum Gasteiger partial charge on any atom is 0.146 e. The van der Waals surface area contributed by atoms with Gasteiger partial charge in [-0.3, -0.25) is 4.79 Å². The lowest BCUT2D eigenvalue weighted by molar-refractivity contribution is -0.119. The molecule has 0 aliphatic heterocycles. The zero-order chi connectivity index (χ0) is 9.56. The molecule has 1 unspecified atom stereocenters. The zero-order valence-corrected chi connectivity index (χ0v) is 8.68. The van der Waals surface area contributed by atoms with Crippen molar-refractivity contribution in [2.24, 2.45) is 5.92 Å². The van der Waals surface area contributed by atoms with Crippen LogP contribution in [-0.2, 0) is 4.79 Å². The Morgan fingerprint density at radius 1 is 1.33 bits per heavy atom. The molecule has 0 aliphatic carbocycles. The Morgan fingerprint density at radius 3 is 2.33 bits per heavy atom. The third kappa shape index (κ3) is 6.35. The van der Waals surface area contributed by atoms with Crippen LogP contribution in [0.15, 0.2) is 0 Å². The van der Waals surface area contributed by atoms with Gasteiger partial charge in [-0.1, -0.05) is 20.8 Å². The third-order valence-corrected chi connectivity index (χ3v) is 1.90. The summed E-state index contributed by atoms with van der Waals surface area (Å²) in [6.07, 6.45) is 1.78. The molecule has 1 N–H and O–H groups in total. The maximum absolute atomic E-state index is 11.2. The fourth-order valence-corrected chi connectivity index (χ4v) is 0.960. The smallest absolute Gasteiger partial charge is 0.146 e. The van der Waals surface area contributed by atoms with E-state index < -0.39 is 0 Å². The predicted molar refractivity (Wildman–Crippen MR) is 52.2 cm³/mol. The summed E-state index contributed by atoms with van der Waals surface area (Å²) in [6, 6.07) is 0.459. The van der Waals surface area contributed by atoms with Gasteiger partial charge in [0, 0.05) is 12.5 Å². The minimum absolute atomic E-state index is 0.324. The molecule has 0 aliphatic rings. The highest BCUT2D eigenvalue weighted by Crippen LogP contribution is 1.99. The predicted octanol–water partition coefficient (Wildman–Crippen LogP) is 1.99. The highest BCUT2D eigenvalue weighted by atomic mass is 16.1. The largest absolute Gasteiger partial charge is 0.308 e. The molecular formula is C10H21NO. The fourth-order valence-electron chi connectivity index (χ4n) is 0.960. The number of nitrogens with one attached hydrogen (secondary N) is 1. The molecule has 0 aromatic carbocycles. The quantitative estimate of drug-likeness (QED) is 0.662. The van der Waals surface area contributed by atoms with Crippen LogP contribution >= 0.6 is 0 Å². The number of Topliss-reactive ketones (excluding diaryl/α,β-unsaturated/α-hetero) is 1. The Bertz CT molecular complexity index is 132. The second-order valence-corrected chi connectivity index (χ2v) is 3.83. The Labute approximate surface area is 75.7 Å². The van der Waals surface area contributed by atoms with Crippen LogP contribution in [0.4, 0.5) is 0 Å². The standard InChI is InChI=1S/C10H21NO/c1-5-9(4)11-7-10(12)6-8(2)3/h8-9,11H,5-7H2,1-4H3. The van der Waals surface area contributed by atoms with Crippen LogP contribution in [0.3, 0.4) is 0 Å². The first-order chi connectivity index (χ1) is 5.56. The number of carbonyl (C=O) groups is 1. The molecular weight excluding hydrogens is 150 g/mol. The molecule has 0 fully saturated rings. The number of carbonyl (C=O) groups excluding carboxylic acids is 1. The van der Waals surface area contributed by atoms with Gasteiger partial charge in [-0.2, -0.15) is 0 Å². The van der Waals surface area contributed by atoms with Crippen LogP contribution in [0.1, 0.15) is 40.5 Å². The molecule has 0 aromatic heterocycles. The van der Waals surface area contributed by atoms with Gasteiger partial charge >= 0.3 is 0 Å². The summed E-state index contributed by atoms with van der Waals surface area (Å²) in [7, 11) is 0. The molecule has 0 radical (unpaired) electrons. The molecule has 0 bridgehead atoms. The molecule has 1 atom stereocenters. The van der Waals surface area contributed by atoms with Crippen molar-refractivity contribution in [3.63, 3.8) is 0 Å². The summed E-state index contributed by atoms with van der Waals surface area (Å²) in [5, 5.41) is 3.19. The lowest BCUT2D eigenvalue weighted by Crippen LogP contribution is -2.31. The van der Waals surface area contributed by atoms with Gasteiger partial charge in [0.25, 0.3) is 0 Å². The lowest BCUT2D eigenvalue weighted by Gasteiger charge is -2.10. The Hall–Kier alpha value is -0.370. The molecule has 0 saturated carbocycles. The van der Waals surface area contributed by atoms with Crippen LogP contribution in [0.5, 0.6) is 0 Å². The molecule has 72 valence electrons. The molecule has 0 saturated heterocycles. The number of rotatable bonds is 6. The van der Waals surface area contributed by atoms with E-state index in [1.54, 1.807) is 0 Å². The van der Waals surface area contributed by atoms with Gasteiger partial charge in [-0.25, -0.2) is 0 Å². The summed E-state index contributed by atoms with van der Waals surface area (Å²) < 4.78 is 0. The topological polar surface area (TPSA) is 29.1 Å². The van der Waals surface area contributed by atoms with E-state index in [-0.39, 0.29) is 0 Å². The second-order valence-electron chi connectivity index (χ2n) is 3.83. The Balaban J connectivity index is 3.44. The first kappa shape index (κ1) is 11.6. The average Bonchev–Trinajstić information content (AvgIpc) is 1.99. The molecule has 2 nitrogen and oxygen atoms in total. The van der Waals surface area contributed by atoms with Crippen LogP contribution < -0.4 is 5.32 Å². The first-order valence-electron chi connectivity index (χ1n) is 4.81. The number of ketones is 1. The van der Waals surface area contributed by atoms with Gasteiger partial charge < -0.3 is 5.32 Å². The molecule has 0 heterocycles. The summed E-state index contributed by atoms with van der Waals surface area (Å²) in [5.41, 5.74) is 0. The van der Waals surface area contributed by atoms with Crippen molar-refractivity contribution >= 4 is 5.78 Å². The second kappa shape index (κ2) is 6.18. The van der Waals surface area contributed by atoms with Crippen LogP contribution in [-0.4, -0.2) is 18.4 Å². The van der Waals surface area contributed by atoms with Crippen molar-refractivity contribution in [1.29, 1.82) is 0 Å². The van der Waals surface area contributed by atoms with Crippen molar-refractivity contribution in [2.45, 2.75) is 46.6 Å². The van der Waals surface area contributed by atoms with Crippen LogP contribution in [0.25, 0.3) is 0 Å². The molecule has 0 rings (SSSR count). The van der Waals surface area contributed by atoms with Crippen molar-refractivity contribution in [3.05, 3.63) is 0 Å². The normalized spacial score (nSPS) is 13.4. The van der Waals surface area contributed by atoms with Gasteiger partial charge in [0.15, 0.2) is 0 Å². The zero-order valence-electron chi connectivity index (χ0n) is 8.68. The van der Waals surface area contributed by atoms with Crippen LogP contribution in [0.2, 0.25) is 0 Å². The van der Waals surface area contributed by atoms with E-state index in [0.717, 1.165) is 6.42 Å². The molecule has 0 aromatic rings. The van der Waals surface area contributed by atoms with Crippen molar-refractivity contribution in [1.82, 2.24) is 5.32 Å². The Kier molecular flexibility index (Phi) is 5.99. The SMILES string of the molecule is CCC(C)NCC(=O)CC(C)C. The van der Waals surface area contributed by atoms with Gasteiger partial charge in [-0.15, -0.1) is 0 Å². The minimum atomic E-state index is 0.324. The molecule has 2 heteroatoms. The lowest BCUT2D eigenvalue weighted by atomic mass is 10.1. The van der Waals surface area contributed by atoms with E-state index in [2.05, 4.69) is 33.0 Å². The summed E-state index contributed by atoms with van der Waals surface area (Å²) in [6.45, 7) is 8.89.